The van der Waals surface area contributed by atoms with Gasteiger partial charge in [-0.05, 0) is 35.7 Å². The van der Waals surface area contributed by atoms with E-state index in [0.717, 1.165) is 43.9 Å². The third kappa shape index (κ3) is 4.51. The molecule has 1 aliphatic heterocycles. The number of nitrogens with one attached hydrogen (secondary N) is 1. The molecule has 31 heavy (non-hydrogen) atoms. The van der Waals surface area contributed by atoms with Crippen molar-refractivity contribution in [3.05, 3.63) is 96.4 Å². The van der Waals surface area contributed by atoms with Crippen LogP contribution in [0, 0.1) is 0 Å². The molecule has 1 N–H and O–H groups in total. The molecule has 0 spiro atoms. The summed E-state index contributed by atoms with van der Waals surface area (Å²) in [7, 11) is 0. The van der Waals surface area contributed by atoms with E-state index in [1.54, 1.807) is 12.5 Å². The minimum Gasteiger partial charge on any atom is -0.494 e. The van der Waals surface area contributed by atoms with Crippen molar-refractivity contribution >= 4 is 0 Å². The number of fused-ring (bicyclic) bond motifs is 1. The smallest absolute Gasteiger partial charge is 0.119 e. The van der Waals surface area contributed by atoms with Gasteiger partial charge in [0.25, 0.3) is 0 Å². The third-order valence-electron chi connectivity index (χ3n) is 5.70. The lowest BCUT2D eigenvalue weighted by atomic mass is 9.96. The quantitative estimate of drug-likeness (QED) is 0.446. The van der Waals surface area contributed by atoms with Crippen molar-refractivity contribution in [2.24, 2.45) is 0 Å². The van der Waals surface area contributed by atoms with Crippen LogP contribution in [0.1, 0.15) is 35.0 Å². The number of pyridine rings is 1. The molecule has 0 saturated heterocycles. The monoisotopic (exact) mass is 414 g/mol. The highest BCUT2D eigenvalue weighted by molar-refractivity contribution is 5.33. The van der Waals surface area contributed by atoms with E-state index in [2.05, 4.69) is 53.7 Å². The fraction of sp³-hybridized carbons (Fsp3) is 0.292. The predicted molar refractivity (Wildman–Crippen MR) is 118 cm³/mol. The molecule has 1 aliphatic rings. The lowest BCUT2D eigenvalue weighted by Crippen LogP contribution is -2.35. The summed E-state index contributed by atoms with van der Waals surface area (Å²) in [5.74, 6) is 0.915. The normalized spacial score (nSPS) is 16.2. The molecule has 7 heteroatoms. The van der Waals surface area contributed by atoms with Crippen LogP contribution < -0.4 is 4.74 Å². The summed E-state index contributed by atoms with van der Waals surface area (Å²) < 4.78 is 8.08. The van der Waals surface area contributed by atoms with E-state index < -0.39 is 0 Å². The standard InChI is InChI=1S/C24H26N6O/c1-4-19(14-21(6-1)31-13-3-10-29-12-9-26-18-29)16-30-11-7-22-23(28-17-27-22)24(30)20-5-2-8-25-15-20/h1-2,4-6,8-9,12,14-15,17-18,24H,3,7,10-11,13,16H2,(H,27,28). The number of hydrogen-bond acceptors (Lipinski definition) is 5. The van der Waals surface area contributed by atoms with Gasteiger partial charge < -0.3 is 14.3 Å². The fourth-order valence-electron chi connectivity index (χ4n) is 4.23. The Hall–Kier alpha value is -3.45. The van der Waals surface area contributed by atoms with E-state index in [1.807, 2.05) is 37.1 Å². The number of hydrogen-bond donors (Lipinski definition) is 1. The molecule has 3 aromatic heterocycles. The number of ether oxygens (including phenoxy) is 1. The van der Waals surface area contributed by atoms with Crippen LogP contribution in [0.5, 0.6) is 5.75 Å². The first-order valence-corrected chi connectivity index (χ1v) is 10.7. The second-order valence-electron chi connectivity index (χ2n) is 7.83. The number of benzene rings is 1. The van der Waals surface area contributed by atoms with Crippen LogP contribution in [0.25, 0.3) is 0 Å². The summed E-state index contributed by atoms with van der Waals surface area (Å²) in [6, 6.07) is 12.6. The van der Waals surface area contributed by atoms with E-state index >= 15 is 0 Å². The SMILES string of the molecule is c1cc(CN2CCc3[nH]cnc3C2c2cccnc2)cc(OCCCn2ccnc2)c1. The molecule has 0 amide bonds. The van der Waals surface area contributed by atoms with Crippen molar-refractivity contribution in [1.29, 1.82) is 0 Å². The Morgan fingerprint density at radius 1 is 1.13 bits per heavy atom. The minimum atomic E-state index is 0.100. The Balaban J connectivity index is 1.27. The number of aromatic amines is 1. The summed E-state index contributed by atoms with van der Waals surface area (Å²) in [6.07, 6.45) is 13.1. The molecule has 7 nitrogen and oxygen atoms in total. The average molecular weight is 415 g/mol. The van der Waals surface area contributed by atoms with Crippen molar-refractivity contribution in [1.82, 2.24) is 29.4 Å². The predicted octanol–water partition coefficient (Wildman–Crippen LogP) is 3.62. The number of rotatable bonds is 8. The lowest BCUT2D eigenvalue weighted by molar-refractivity contribution is 0.199. The largest absolute Gasteiger partial charge is 0.494 e. The highest BCUT2D eigenvalue weighted by Gasteiger charge is 2.31. The maximum absolute atomic E-state index is 6.01. The molecule has 0 bridgehead atoms. The summed E-state index contributed by atoms with van der Waals surface area (Å²) in [6.45, 7) is 3.38. The summed E-state index contributed by atoms with van der Waals surface area (Å²) >= 11 is 0. The third-order valence-corrected chi connectivity index (χ3v) is 5.70. The van der Waals surface area contributed by atoms with Crippen LogP contribution in [0.15, 0.2) is 73.8 Å². The second-order valence-corrected chi connectivity index (χ2v) is 7.83. The van der Waals surface area contributed by atoms with Crippen LogP contribution in [0.2, 0.25) is 0 Å². The number of aromatic nitrogens is 5. The van der Waals surface area contributed by atoms with Crippen LogP contribution >= 0.6 is 0 Å². The van der Waals surface area contributed by atoms with Gasteiger partial charge in [-0.1, -0.05) is 18.2 Å². The number of imidazole rings is 2. The molecule has 0 radical (unpaired) electrons. The second kappa shape index (κ2) is 9.14. The van der Waals surface area contributed by atoms with Gasteiger partial charge >= 0.3 is 0 Å². The number of H-pyrrole nitrogens is 1. The van der Waals surface area contributed by atoms with Crippen molar-refractivity contribution < 1.29 is 4.74 Å². The zero-order valence-electron chi connectivity index (χ0n) is 17.4. The Morgan fingerprint density at radius 2 is 2.13 bits per heavy atom. The molecule has 1 atom stereocenters. The maximum atomic E-state index is 6.01. The van der Waals surface area contributed by atoms with Gasteiger partial charge in [-0.25, -0.2) is 9.97 Å². The molecule has 1 unspecified atom stereocenters. The minimum absolute atomic E-state index is 0.100. The van der Waals surface area contributed by atoms with Crippen molar-refractivity contribution in [3.8, 4) is 5.75 Å². The number of nitrogens with zero attached hydrogens (tertiary/aromatic N) is 5. The van der Waals surface area contributed by atoms with E-state index in [4.69, 9.17) is 4.74 Å². The van der Waals surface area contributed by atoms with Gasteiger partial charge in [-0.2, -0.15) is 0 Å². The zero-order chi connectivity index (χ0) is 20.9. The molecule has 5 rings (SSSR count). The molecule has 0 aliphatic carbocycles. The molecular formula is C24H26N6O. The average Bonchev–Trinajstić information content (AvgIpc) is 3.49. The first kappa shape index (κ1) is 19.5. The molecule has 1 aromatic carbocycles. The molecule has 158 valence electrons. The Morgan fingerprint density at radius 3 is 3.00 bits per heavy atom. The van der Waals surface area contributed by atoms with Crippen molar-refractivity contribution in [2.75, 3.05) is 13.2 Å². The van der Waals surface area contributed by atoms with Gasteiger partial charge in [-0.15, -0.1) is 0 Å². The van der Waals surface area contributed by atoms with E-state index in [9.17, 15) is 0 Å². The zero-order valence-corrected chi connectivity index (χ0v) is 17.4. The van der Waals surface area contributed by atoms with Gasteiger partial charge in [0.15, 0.2) is 0 Å². The molecular weight excluding hydrogens is 388 g/mol. The Bertz CT molecular complexity index is 1090. The Labute approximate surface area is 181 Å². The number of aryl methyl sites for hydroxylation is 1. The van der Waals surface area contributed by atoms with Crippen LogP contribution in [-0.2, 0) is 19.5 Å². The topological polar surface area (TPSA) is 71.9 Å². The lowest BCUT2D eigenvalue weighted by Gasteiger charge is -2.35. The molecule has 0 saturated carbocycles. The maximum Gasteiger partial charge on any atom is 0.119 e. The Kier molecular flexibility index (Phi) is 5.75. The molecule has 4 heterocycles. The summed E-state index contributed by atoms with van der Waals surface area (Å²) in [5, 5.41) is 0. The highest BCUT2D eigenvalue weighted by Crippen LogP contribution is 2.34. The van der Waals surface area contributed by atoms with Gasteiger partial charge in [-0.3, -0.25) is 9.88 Å². The van der Waals surface area contributed by atoms with Gasteiger partial charge in [0.1, 0.15) is 5.75 Å². The molecule has 0 fully saturated rings. The van der Waals surface area contributed by atoms with Gasteiger partial charge in [0.05, 0.1) is 31.0 Å². The van der Waals surface area contributed by atoms with E-state index in [0.29, 0.717) is 6.61 Å². The van der Waals surface area contributed by atoms with Gasteiger partial charge in [0, 0.05) is 56.5 Å². The van der Waals surface area contributed by atoms with E-state index in [-0.39, 0.29) is 6.04 Å². The molecule has 4 aromatic rings. The van der Waals surface area contributed by atoms with Crippen LogP contribution in [0.4, 0.5) is 0 Å². The summed E-state index contributed by atoms with van der Waals surface area (Å²) in [5.41, 5.74) is 4.73. The van der Waals surface area contributed by atoms with Crippen molar-refractivity contribution in [2.45, 2.75) is 32.0 Å². The van der Waals surface area contributed by atoms with Crippen molar-refractivity contribution in [3.63, 3.8) is 0 Å². The van der Waals surface area contributed by atoms with Crippen LogP contribution in [-0.4, -0.2) is 42.6 Å². The highest BCUT2D eigenvalue weighted by atomic mass is 16.5. The van der Waals surface area contributed by atoms with E-state index in [1.165, 1.54) is 16.8 Å². The summed E-state index contributed by atoms with van der Waals surface area (Å²) in [4.78, 5) is 18.8. The first-order valence-electron chi connectivity index (χ1n) is 10.7. The van der Waals surface area contributed by atoms with Gasteiger partial charge in [0.2, 0.25) is 0 Å². The fourth-order valence-corrected chi connectivity index (χ4v) is 4.23. The van der Waals surface area contributed by atoms with Crippen LogP contribution in [0.3, 0.4) is 0 Å². The first-order chi connectivity index (χ1) is 15.4.